The largest absolute Gasteiger partial charge is 0.368 e. The van der Waals surface area contributed by atoms with Gasteiger partial charge in [-0.1, -0.05) is 0 Å². The quantitative estimate of drug-likeness (QED) is 0.666. The minimum atomic E-state index is -0.404. The summed E-state index contributed by atoms with van der Waals surface area (Å²) in [7, 11) is 0. The van der Waals surface area contributed by atoms with Crippen LogP contribution in [-0.4, -0.2) is 45.5 Å². The molecule has 0 radical (unpaired) electrons. The van der Waals surface area contributed by atoms with Gasteiger partial charge in [0.25, 0.3) is 0 Å². The molecule has 126 valence electrons. The van der Waals surface area contributed by atoms with Crippen molar-refractivity contribution in [2.75, 3.05) is 18.4 Å². The van der Waals surface area contributed by atoms with Crippen molar-refractivity contribution in [1.82, 2.24) is 25.2 Å². The first kappa shape index (κ1) is 16.0. The molecule has 1 atom stereocenters. The summed E-state index contributed by atoms with van der Waals surface area (Å²) in [5, 5.41) is 8.63. The van der Waals surface area contributed by atoms with Crippen LogP contribution in [0.25, 0.3) is 5.82 Å². The van der Waals surface area contributed by atoms with E-state index >= 15 is 0 Å². The maximum Gasteiger partial charge on any atom is 0.242 e. The number of rotatable bonds is 6. The predicted molar refractivity (Wildman–Crippen MR) is 88.8 cm³/mol. The van der Waals surface area contributed by atoms with Gasteiger partial charge >= 0.3 is 0 Å². The van der Waals surface area contributed by atoms with Crippen molar-refractivity contribution in [2.45, 2.75) is 25.8 Å². The van der Waals surface area contributed by atoms with Gasteiger partial charge < -0.3 is 20.5 Å². The first-order valence-corrected chi connectivity index (χ1v) is 7.92. The van der Waals surface area contributed by atoms with E-state index in [2.05, 4.69) is 25.9 Å². The van der Waals surface area contributed by atoms with Crippen LogP contribution in [0.15, 0.2) is 30.6 Å². The summed E-state index contributed by atoms with van der Waals surface area (Å²) in [4.78, 5) is 31.7. The van der Waals surface area contributed by atoms with Crippen molar-refractivity contribution >= 4 is 17.6 Å². The normalized spacial score (nSPS) is 16.7. The van der Waals surface area contributed by atoms with Crippen LogP contribution in [0.1, 0.15) is 18.7 Å². The number of carbonyl (C=O) groups is 2. The van der Waals surface area contributed by atoms with Gasteiger partial charge in [0, 0.05) is 38.0 Å². The Labute approximate surface area is 139 Å². The molecule has 24 heavy (non-hydrogen) atoms. The lowest BCUT2D eigenvalue weighted by Crippen LogP contribution is -2.43. The molecular weight excluding hydrogens is 308 g/mol. The van der Waals surface area contributed by atoms with Gasteiger partial charge in [0.15, 0.2) is 0 Å². The molecule has 2 aromatic heterocycles. The Morgan fingerprint density at radius 1 is 1.33 bits per heavy atom. The number of nitrogens with one attached hydrogen (secondary N) is 3. The second-order valence-corrected chi connectivity index (χ2v) is 5.63. The van der Waals surface area contributed by atoms with Crippen LogP contribution in [0.2, 0.25) is 0 Å². The second kappa shape index (κ2) is 7.12. The van der Waals surface area contributed by atoms with Crippen LogP contribution in [0.5, 0.6) is 0 Å². The number of aromatic nitrogens is 3. The third-order valence-electron chi connectivity index (χ3n) is 3.74. The van der Waals surface area contributed by atoms with E-state index < -0.39 is 6.04 Å². The molecule has 3 heterocycles. The molecule has 0 spiro atoms. The van der Waals surface area contributed by atoms with E-state index in [0.29, 0.717) is 37.6 Å². The average molecular weight is 328 g/mol. The van der Waals surface area contributed by atoms with E-state index in [-0.39, 0.29) is 11.8 Å². The Morgan fingerprint density at radius 2 is 2.12 bits per heavy atom. The second-order valence-electron chi connectivity index (χ2n) is 5.63. The van der Waals surface area contributed by atoms with Crippen molar-refractivity contribution in [2.24, 2.45) is 0 Å². The zero-order valence-electron chi connectivity index (χ0n) is 13.5. The molecular formula is C16H20N6O2. The van der Waals surface area contributed by atoms with Crippen LogP contribution < -0.4 is 16.0 Å². The van der Waals surface area contributed by atoms with Gasteiger partial charge in [-0.2, -0.15) is 0 Å². The molecule has 2 amide bonds. The van der Waals surface area contributed by atoms with Crippen LogP contribution >= 0.6 is 0 Å². The van der Waals surface area contributed by atoms with E-state index in [0.717, 1.165) is 5.82 Å². The lowest BCUT2D eigenvalue weighted by molar-refractivity contribution is -0.125. The van der Waals surface area contributed by atoms with Crippen LogP contribution in [-0.2, 0) is 9.59 Å². The van der Waals surface area contributed by atoms with Gasteiger partial charge in [0.05, 0.1) is 0 Å². The first-order chi connectivity index (χ1) is 11.6. The zero-order valence-corrected chi connectivity index (χ0v) is 13.5. The summed E-state index contributed by atoms with van der Waals surface area (Å²) in [6.07, 6.45) is 4.81. The maximum atomic E-state index is 11.9. The summed E-state index contributed by atoms with van der Waals surface area (Å²) in [6, 6.07) is 5.31. The van der Waals surface area contributed by atoms with Gasteiger partial charge in [0.2, 0.25) is 11.8 Å². The summed E-state index contributed by atoms with van der Waals surface area (Å²) in [5.74, 6) is 1.94. The van der Waals surface area contributed by atoms with Crippen molar-refractivity contribution in [3.8, 4) is 5.82 Å². The summed E-state index contributed by atoms with van der Waals surface area (Å²) >= 11 is 0. The van der Waals surface area contributed by atoms with E-state index in [9.17, 15) is 9.59 Å². The Bertz CT molecular complexity index is 728. The highest BCUT2D eigenvalue weighted by molar-refractivity contribution is 5.90. The molecule has 0 aromatic carbocycles. The predicted octanol–water partition coefficient (Wildman–Crippen LogP) is 0.382. The van der Waals surface area contributed by atoms with Gasteiger partial charge in [-0.25, -0.2) is 9.97 Å². The summed E-state index contributed by atoms with van der Waals surface area (Å²) in [5.41, 5.74) is 0. The highest BCUT2D eigenvalue weighted by Gasteiger charge is 2.26. The molecule has 0 saturated carbocycles. The van der Waals surface area contributed by atoms with Crippen molar-refractivity contribution in [1.29, 1.82) is 0 Å². The number of amides is 2. The summed E-state index contributed by atoms with van der Waals surface area (Å²) in [6.45, 7) is 2.82. The number of hydrogen-bond donors (Lipinski definition) is 3. The summed E-state index contributed by atoms with van der Waals surface area (Å²) < 4.78 is 1.91. The molecule has 8 heteroatoms. The van der Waals surface area contributed by atoms with Crippen LogP contribution in [0, 0.1) is 6.92 Å². The SMILES string of the molecule is Cc1nc(NCCNC(=O)C2CCC(=O)N2)cc(-n2cccc2)n1. The minimum Gasteiger partial charge on any atom is -0.368 e. The molecule has 0 bridgehead atoms. The smallest absolute Gasteiger partial charge is 0.242 e. The molecule has 2 aromatic rings. The Hall–Kier alpha value is -2.90. The Morgan fingerprint density at radius 3 is 2.83 bits per heavy atom. The molecule has 1 aliphatic heterocycles. The highest BCUT2D eigenvalue weighted by Crippen LogP contribution is 2.11. The van der Waals surface area contributed by atoms with Crippen LogP contribution in [0.3, 0.4) is 0 Å². The topological polar surface area (TPSA) is 101 Å². The third-order valence-corrected chi connectivity index (χ3v) is 3.74. The Kier molecular flexibility index (Phi) is 4.74. The number of carbonyl (C=O) groups excluding carboxylic acids is 2. The molecule has 8 nitrogen and oxygen atoms in total. The highest BCUT2D eigenvalue weighted by atomic mass is 16.2. The maximum absolute atomic E-state index is 11.9. The molecule has 3 N–H and O–H groups in total. The number of nitrogens with zero attached hydrogens (tertiary/aromatic N) is 3. The van der Waals surface area contributed by atoms with Crippen molar-refractivity contribution in [3.05, 3.63) is 36.4 Å². The molecule has 3 rings (SSSR count). The number of aryl methyl sites for hydroxylation is 1. The first-order valence-electron chi connectivity index (χ1n) is 7.92. The number of hydrogen-bond acceptors (Lipinski definition) is 5. The van der Waals surface area contributed by atoms with E-state index in [1.165, 1.54) is 0 Å². The molecule has 1 unspecified atom stereocenters. The lowest BCUT2D eigenvalue weighted by atomic mass is 10.2. The molecule has 1 aliphatic rings. The van der Waals surface area contributed by atoms with E-state index in [1.807, 2.05) is 42.1 Å². The lowest BCUT2D eigenvalue weighted by Gasteiger charge is -2.12. The fraction of sp³-hybridized carbons (Fsp3) is 0.375. The monoisotopic (exact) mass is 328 g/mol. The molecule has 1 fully saturated rings. The fourth-order valence-corrected chi connectivity index (χ4v) is 2.57. The minimum absolute atomic E-state index is 0.0673. The van der Waals surface area contributed by atoms with Crippen LogP contribution in [0.4, 0.5) is 5.82 Å². The zero-order chi connectivity index (χ0) is 16.9. The van der Waals surface area contributed by atoms with E-state index in [1.54, 1.807) is 0 Å². The molecule has 0 aliphatic carbocycles. The fourth-order valence-electron chi connectivity index (χ4n) is 2.57. The standard InChI is InChI=1S/C16H20N6O2/c1-11-19-13(10-14(20-11)22-8-2-3-9-22)17-6-7-18-16(24)12-4-5-15(23)21-12/h2-3,8-10,12H,4-7H2,1H3,(H,18,24)(H,21,23)(H,17,19,20). The van der Waals surface area contributed by atoms with Gasteiger partial charge in [-0.15, -0.1) is 0 Å². The molecule has 1 saturated heterocycles. The van der Waals surface area contributed by atoms with Crippen molar-refractivity contribution < 1.29 is 9.59 Å². The average Bonchev–Trinajstić information content (AvgIpc) is 3.22. The van der Waals surface area contributed by atoms with Gasteiger partial charge in [0.1, 0.15) is 23.5 Å². The van der Waals surface area contributed by atoms with Gasteiger partial charge in [-0.3, -0.25) is 9.59 Å². The number of anilines is 1. The Balaban J connectivity index is 1.50. The van der Waals surface area contributed by atoms with Crippen molar-refractivity contribution in [3.63, 3.8) is 0 Å². The third kappa shape index (κ3) is 3.89. The van der Waals surface area contributed by atoms with Gasteiger partial charge in [-0.05, 0) is 25.5 Å². The van der Waals surface area contributed by atoms with E-state index in [4.69, 9.17) is 0 Å².